The number of para-hydroxylation sites is 1. The molecule has 0 aliphatic rings. The van der Waals surface area contributed by atoms with Gasteiger partial charge in [-0.15, -0.1) is 0 Å². The second-order valence-electron chi connectivity index (χ2n) is 5.14. The van der Waals surface area contributed by atoms with E-state index in [-0.39, 0.29) is 5.69 Å². The second kappa shape index (κ2) is 4.85. The summed E-state index contributed by atoms with van der Waals surface area (Å²) >= 11 is 0. The zero-order valence-corrected chi connectivity index (χ0v) is 11.0. The molecule has 0 saturated heterocycles. The van der Waals surface area contributed by atoms with Gasteiger partial charge >= 0.3 is 0 Å². The fraction of sp³-hybridized carbons (Fsp3) is 0.286. The van der Waals surface area contributed by atoms with Gasteiger partial charge in [0.1, 0.15) is 0 Å². The first-order valence-corrected chi connectivity index (χ1v) is 6.03. The molecule has 1 heterocycles. The van der Waals surface area contributed by atoms with Crippen molar-refractivity contribution in [3.05, 3.63) is 47.8 Å². The maximum Gasteiger partial charge on any atom is 0.269 e. The van der Waals surface area contributed by atoms with Crippen LogP contribution in [0.2, 0.25) is 0 Å². The number of hydrogen-bond donors (Lipinski definition) is 2. The molecule has 0 spiro atoms. The van der Waals surface area contributed by atoms with Crippen molar-refractivity contribution in [3.63, 3.8) is 0 Å². The molecule has 100 valence electrons. The molecule has 0 bridgehead atoms. The highest BCUT2D eigenvalue weighted by atomic mass is 16.3. The third kappa shape index (κ3) is 3.20. The molecule has 5 heteroatoms. The van der Waals surface area contributed by atoms with Gasteiger partial charge in [0.2, 0.25) is 0 Å². The summed E-state index contributed by atoms with van der Waals surface area (Å²) in [7, 11) is 0. The van der Waals surface area contributed by atoms with Gasteiger partial charge in [-0.3, -0.25) is 4.79 Å². The van der Waals surface area contributed by atoms with Crippen molar-refractivity contribution in [1.82, 2.24) is 9.78 Å². The summed E-state index contributed by atoms with van der Waals surface area (Å²) in [5.74, 6) is -0.589. The highest BCUT2D eigenvalue weighted by molar-refractivity contribution is 5.92. The molecule has 2 aromatic rings. The zero-order valence-electron chi connectivity index (χ0n) is 11.0. The summed E-state index contributed by atoms with van der Waals surface area (Å²) in [4.78, 5) is 11.4. The first kappa shape index (κ1) is 13.3. The van der Waals surface area contributed by atoms with Gasteiger partial charge < -0.3 is 10.8 Å². The van der Waals surface area contributed by atoms with Gasteiger partial charge in [0.15, 0.2) is 5.69 Å². The van der Waals surface area contributed by atoms with E-state index < -0.39 is 11.5 Å². The van der Waals surface area contributed by atoms with Crippen molar-refractivity contribution in [2.45, 2.75) is 25.9 Å². The Balaban J connectivity index is 2.44. The lowest BCUT2D eigenvalue weighted by atomic mass is 9.99. The number of carbonyl (C=O) groups excluding carboxylic acids is 1. The van der Waals surface area contributed by atoms with Crippen LogP contribution < -0.4 is 5.73 Å². The third-order valence-electron chi connectivity index (χ3n) is 2.67. The van der Waals surface area contributed by atoms with Gasteiger partial charge in [0, 0.05) is 18.2 Å². The number of amides is 1. The average Bonchev–Trinajstić information content (AvgIpc) is 2.72. The average molecular weight is 259 g/mol. The van der Waals surface area contributed by atoms with Crippen molar-refractivity contribution < 1.29 is 9.90 Å². The van der Waals surface area contributed by atoms with Crippen LogP contribution in [0.15, 0.2) is 36.5 Å². The molecule has 0 fully saturated rings. The fourth-order valence-electron chi connectivity index (χ4n) is 1.93. The van der Waals surface area contributed by atoms with Crippen molar-refractivity contribution in [2.75, 3.05) is 0 Å². The van der Waals surface area contributed by atoms with Crippen molar-refractivity contribution >= 4 is 5.91 Å². The monoisotopic (exact) mass is 259 g/mol. The number of aromatic nitrogens is 2. The third-order valence-corrected chi connectivity index (χ3v) is 2.67. The number of nitrogens with two attached hydrogens (primary N) is 1. The van der Waals surface area contributed by atoms with E-state index in [0.717, 1.165) is 5.69 Å². The molecule has 5 nitrogen and oxygen atoms in total. The summed E-state index contributed by atoms with van der Waals surface area (Å²) in [5.41, 5.74) is 6.09. The Hall–Kier alpha value is -2.14. The van der Waals surface area contributed by atoms with Gasteiger partial charge in [-0.1, -0.05) is 18.2 Å². The highest BCUT2D eigenvalue weighted by Crippen LogP contribution is 2.18. The molecular formula is C14H17N3O2. The maximum absolute atomic E-state index is 11.4. The molecule has 3 N–H and O–H groups in total. The number of hydrogen-bond acceptors (Lipinski definition) is 3. The van der Waals surface area contributed by atoms with Crippen LogP contribution >= 0.6 is 0 Å². The normalized spacial score (nSPS) is 11.5. The van der Waals surface area contributed by atoms with E-state index in [1.54, 1.807) is 24.7 Å². The van der Waals surface area contributed by atoms with Crippen molar-refractivity contribution in [3.8, 4) is 5.69 Å². The summed E-state index contributed by atoms with van der Waals surface area (Å²) < 4.78 is 1.60. The number of benzene rings is 1. The second-order valence-corrected chi connectivity index (χ2v) is 5.14. The number of rotatable bonds is 4. The van der Waals surface area contributed by atoms with Crippen LogP contribution in [-0.4, -0.2) is 26.4 Å². The molecule has 1 aromatic carbocycles. The van der Waals surface area contributed by atoms with E-state index in [1.165, 1.54) is 0 Å². The fourth-order valence-corrected chi connectivity index (χ4v) is 1.93. The standard InChI is InChI=1S/C14H17N3O2/c1-14(2,19)8-10-9-17(16-12(10)13(15)18)11-6-4-3-5-7-11/h3-7,9,19H,8H2,1-2H3,(H2,15,18). The number of aliphatic hydroxyl groups is 1. The van der Waals surface area contributed by atoms with Gasteiger partial charge in [0.05, 0.1) is 11.3 Å². The predicted molar refractivity (Wildman–Crippen MR) is 72.1 cm³/mol. The van der Waals surface area contributed by atoms with E-state index in [0.29, 0.717) is 12.0 Å². The summed E-state index contributed by atoms with van der Waals surface area (Å²) in [6, 6.07) is 9.43. The Morgan fingerprint density at radius 2 is 2.00 bits per heavy atom. The predicted octanol–water partition coefficient (Wildman–Crippen LogP) is 1.28. The van der Waals surface area contributed by atoms with Gasteiger partial charge in [0.25, 0.3) is 5.91 Å². The van der Waals surface area contributed by atoms with Crippen LogP contribution in [0.3, 0.4) is 0 Å². The topological polar surface area (TPSA) is 81.1 Å². The zero-order chi connectivity index (χ0) is 14.0. The lowest BCUT2D eigenvalue weighted by Gasteiger charge is -2.15. The first-order chi connectivity index (χ1) is 8.87. The SMILES string of the molecule is CC(C)(O)Cc1cn(-c2ccccc2)nc1C(N)=O. The quantitative estimate of drug-likeness (QED) is 0.868. The molecule has 0 atom stereocenters. The maximum atomic E-state index is 11.4. The largest absolute Gasteiger partial charge is 0.390 e. The van der Waals surface area contributed by atoms with Gasteiger partial charge in [-0.2, -0.15) is 5.10 Å². The molecule has 1 amide bonds. The Morgan fingerprint density at radius 3 is 2.53 bits per heavy atom. The molecule has 2 rings (SSSR count). The Bertz CT molecular complexity index is 582. The lowest BCUT2D eigenvalue weighted by Crippen LogP contribution is -2.24. The van der Waals surface area contributed by atoms with E-state index >= 15 is 0 Å². The van der Waals surface area contributed by atoms with Crippen molar-refractivity contribution in [1.29, 1.82) is 0 Å². The molecule has 0 saturated carbocycles. The molecular weight excluding hydrogens is 242 g/mol. The molecule has 0 aliphatic carbocycles. The number of nitrogens with zero attached hydrogens (tertiary/aromatic N) is 2. The molecule has 0 aliphatic heterocycles. The van der Waals surface area contributed by atoms with Crippen LogP contribution in [0, 0.1) is 0 Å². The summed E-state index contributed by atoms with van der Waals surface area (Å²) in [6.07, 6.45) is 2.05. The van der Waals surface area contributed by atoms with Crippen LogP contribution in [0.1, 0.15) is 29.9 Å². The van der Waals surface area contributed by atoms with E-state index in [1.807, 2.05) is 30.3 Å². The van der Waals surface area contributed by atoms with Gasteiger partial charge in [-0.25, -0.2) is 4.68 Å². The van der Waals surface area contributed by atoms with Crippen LogP contribution in [0.25, 0.3) is 5.69 Å². The Morgan fingerprint density at radius 1 is 1.37 bits per heavy atom. The van der Waals surface area contributed by atoms with E-state index in [4.69, 9.17) is 5.73 Å². The molecule has 0 radical (unpaired) electrons. The van der Waals surface area contributed by atoms with Crippen LogP contribution in [0.4, 0.5) is 0 Å². The minimum atomic E-state index is -0.922. The van der Waals surface area contributed by atoms with Crippen LogP contribution in [0.5, 0.6) is 0 Å². The minimum Gasteiger partial charge on any atom is -0.390 e. The van der Waals surface area contributed by atoms with Gasteiger partial charge in [-0.05, 0) is 26.0 Å². The first-order valence-electron chi connectivity index (χ1n) is 6.03. The van der Waals surface area contributed by atoms with Crippen molar-refractivity contribution in [2.24, 2.45) is 5.73 Å². The Kier molecular flexibility index (Phi) is 3.40. The lowest BCUT2D eigenvalue weighted by molar-refractivity contribution is 0.0805. The molecule has 1 aromatic heterocycles. The smallest absolute Gasteiger partial charge is 0.269 e. The highest BCUT2D eigenvalue weighted by Gasteiger charge is 2.21. The molecule has 0 unspecified atom stereocenters. The number of primary amides is 1. The Labute approximate surface area is 111 Å². The minimum absolute atomic E-state index is 0.200. The van der Waals surface area contributed by atoms with E-state index in [9.17, 15) is 9.90 Å². The van der Waals surface area contributed by atoms with E-state index in [2.05, 4.69) is 5.10 Å². The number of carbonyl (C=O) groups is 1. The summed E-state index contributed by atoms with van der Waals surface area (Å²) in [6.45, 7) is 3.36. The van der Waals surface area contributed by atoms with Crippen LogP contribution in [-0.2, 0) is 6.42 Å². The molecule has 19 heavy (non-hydrogen) atoms. The summed E-state index contributed by atoms with van der Waals surface area (Å²) in [5, 5.41) is 14.1.